The van der Waals surface area contributed by atoms with Gasteiger partial charge in [0.2, 0.25) is 11.8 Å². The van der Waals surface area contributed by atoms with E-state index in [1.807, 2.05) is 32.9 Å². The molecule has 0 saturated carbocycles. The van der Waals surface area contributed by atoms with E-state index in [1.54, 1.807) is 0 Å². The summed E-state index contributed by atoms with van der Waals surface area (Å²) in [6.45, 7) is 13.4. The number of carbonyl (C=O) groups is 3. The fraction of sp³-hybridized carbons (Fsp3) is 0.640. The van der Waals surface area contributed by atoms with E-state index in [0.29, 0.717) is 12.8 Å². The van der Waals surface area contributed by atoms with Crippen molar-refractivity contribution in [3.8, 4) is 0 Å². The predicted molar refractivity (Wildman–Crippen MR) is 130 cm³/mol. The number of benzene rings is 1. The van der Waals surface area contributed by atoms with E-state index in [1.165, 1.54) is 5.69 Å². The first kappa shape index (κ1) is 24.5. The molecule has 3 saturated heterocycles. The number of ether oxygens (including phenoxy) is 1. The number of imide groups is 1. The molecular formula is C25H37N5O4. The van der Waals surface area contributed by atoms with Crippen LogP contribution in [0.15, 0.2) is 24.3 Å². The molecule has 0 bridgehead atoms. The highest BCUT2D eigenvalue weighted by Crippen LogP contribution is 2.27. The largest absolute Gasteiger partial charge is 0.444 e. The SMILES string of the molecule is CC(C)(C)OC(=O)NC1CN(CCN2CCN(c3ccc(C4CCC(=O)NC4=O)cc3)CC2)C1. The molecule has 1 aromatic carbocycles. The summed E-state index contributed by atoms with van der Waals surface area (Å²) in [5.41, 5.74) is 1.68. The Bertz CT molecular complexity index is 884. The van der Waals surface area contributed by atoms with Crippen LogP contribution >= 0.6 is 0 Å². The van der Waals surface area contributed by atoms with Crippen molar-refractivity contribution in [2.75, 3.05) is 57.3 Å². The Labute approximate surface area is 201 Å². The number of piperidine rings is 1. The van der Waals surface area contributed by atoms with Gasteiger partial charge in [0.15, 0.2) is 0 Å². The molecule has 3 aliphatic heterocycles. The summed E-state index contributed by atoms with van der Waals surface area (Å²) in [7, 11) is 0. The molecule has 1 atom stereocenters. The Morgan fingerprint density at radius 3 is 2.29 bits per heavy atom. The number of rotatable bonds is 6. The molecule has 0 spiro atoms. The van der Waals surface area contributed by atoms with Gasteiger partial charge in [0.05, 0.1) is 12.0 Å². The molecule has 4 rings (SSSR count). The Kier molecular flexibility index (Phi) is 7.42. The number of piperazine rings is 1. The van der Waals surface area contributed by atoms with Crippen molar-refractivity contribution in [3.63, 3.8) is 0 Å². The Morgan fingerprint density at radius 1 is 1.03 bits per heavy atom. The van der Waals surface area contributed by atoms with E-state index < -0.39 is 5.60 Å². The van der Waals surface area contributed by atoms with Crippen molar-refractivity contribution >= 4 is 23.6 Å². The van der Waals surface area contributed by atoms with Crippen molar-refractivity contribution in [1.82, 2.24) is 20.4 Å². The molecule has 0 aromatic heterocycles. The normalized spacial score (nSPS) is 22.8. The molecule has 0 radical (unpaired) electrons. The lowest BCUT2D eigenvalue weighted by Gasteiger charge is -2.42. The first-order valence-corrected chi connectivity index (χ1v) is 12.3. The lowest BCUT2D eigenvalue weighted by Crippen LogP contribution is -2.61. The van der Waals surface area contributed by atoms with E-state index in [2.05, 4.69) is 37.5 Å². The predicted octanol–water partition coefficient (Wildman–Crippen LogP) is 1.54. The van der Waals surface area contributed by atoms with Gasteiger partial charge in [-0.2, -0.15) is 0 Å². The van der Waals surface area contributed by atoms with Gasteiger partial charge in [0, 0.05) is 64.5 Å². The zero-order chi connectivity index (χ0) is 24.3. The molecule has 1 aromatic rings. The topological polar surface area (TPSA) is 94.2 Å². The molecule has 9 nitrogen and oxygen atoms in total. The quantitative estimate of drug-likeness (QED) is 0.608. The smallest absolute Gasteiger partial charge is 0.407 e. The number of anilines is 1. The highest BCUT2D eigenvalue weighted by molar-refractivity contribution is 6.00. The van der Waals surface area contributed by atoms with E-state index >= 15 is 0 Å². The monoisotopic (exact) mass is 471 g/mol. The third-order valence-electron chi connectivity index (χ3n) is 6.68. The van der Waals surface area contributed by atoms with Crippen molar-refractivity contribution in [2.24, 2.45) is 0 Å². The summed E-state index contributed by atoms with van der Waals surface area (Å²) in [6.07, 6.45) is 0.647. The number of nitrogens with one attached hydrogen (secondary N) is 2. The zero-order valence-electron chi connectivity index (χ0n) is 20.5. The molecule has 34 heavy (non-hydrogen) atoms. The summed E-state index contributed by atoms with van der Waals surface area (Å²) in [4.78, 5) is 42.6. The van der Waals surface area contributed by atoms with Crippen LogP contribution in [-0.2, 0) is 14.3 Å². The maximum atomic E-state index is 12.1. The average Bonchev–Trinajstić information content (AvgIpc) is 2.74. The lowest BCUT2D eigenvalue weighted by molar-refractivity contribution is -0.134. The van der Waals surface area contributed by atoms with Gasteiger partial charge in [-0.25, -0.2) is 4.79 Å². The number of hydrogen-bond acceptors (Lipinski definition) is 7. The molecule has 2 N–H and O–H groups in total. The number of alkyl carbamates (subject to hydrolysis) is 1. The Hall–Kier alpha value is -2.65. The molecule has 1 unspecified atom stereocenters. The van der Waals surface area contributed by atoms with Gasteiger partial charge in [-0.3, -0.25) is 24.7 Å². The van der Waals surface area contributed by atoms with Crippen LogP contribution in [0.4, 0.5) is 10.5 Å². The first-order valence-electron chi connectivity index (χ1n) is 12.3. The van der Waals surface area contributed by atoms with E-state index in [4.69, 9.17) is 4.74 Å². The van der Waals surface area contributed by atoms with Gasteiger partial charge >= 0.3 is 6.09 Å². The fourth-order valence-electron chi connectivity index (χ4n) is 4.76. The summed E-state index contributed by atoms with van der Waals surface area (Å²) in [6, 6.07) is 8.40. The minimum atomic E-state index is -0.467. The minimum Gasteiger partial charge on any atom is -0.444 e. The minimum absolute atomic E-state index is 0.176. The van der Waals surface area contributed by atoms with Gasteiger partial charge in [-0.1, -0.05) is 12.1 Å². The zero-order valence-corrected chi connectivity index (χ0v) is 20.5. The number of amides is 3. The molecule has 3 aliphatic rings. The highest BCUT2D eigenvalue weighted by Gasteiger charge is 2.30. The van der Waals surface area contributed by atoms with Crippen molar-refractivity contribution in [2.45, 2.75) is 51.2 Å². The lowest BCUT2D eigenvalue weighted by atomic mass is 9.90. The van der Waals surface area contributed by atoms with Crippen LogP contribution in [0, 0.1) is 0 Å². The highest BCUT2D eigenvalue weighted by atomic mass is 16.6. The van der Waals surface area contributed by atoms with Gasteiger partial charge in [-0.15, -0.1) is 0 Å². The van der Waals surface area contributed by atoms with Crippen LogP contribution in [-0.4, -0.2) is 91.7 Å². The van der Waals surface area contributed by atoms with Crippen molar-refractivity contribution in [3.05, 3.63) is 29.8 Å². The van der Waals surface area contributed by atoms with E-state index in [0.717, 1.165) is 57.9 Å². The Morgan fingerprint density at radius 2 is 1.68 bits per heavy atom. The maximum absolute atomic E-state index is 12.1. The van der Waals surface area contributed by atoms with Gasteiger partial charge in [-0.05, 0) is 44.9 Å². The molecule has 3 heterocycles. The Balaban J connectivity index is 1.14. The van der Waals surface area contributed by atoms with Gasteiger partial charge in [0.1, 0.15) is 5.60 Å². The standard InChI is InChI=1S/C25H37N5O4/c1-25(2,3)34-24(33)26-19-16-29(17-19)11-10-28-12-14-30(15-13-28)20-6-4-18(5-7-20)21-8-9-22(31)27-23(21)32/h4-7,19,21H,8-17H2,1-3H3,(H,26,33)(H,27,31,32). The summed E-state index contributed by atoms with van der Waals surface area (Å²) >= 11 is 0. The van der Waals surface area contributed by atoms with Gasteiger partial charge in [0.25, 0.3) is 0 Å². The summed E-state index contributed by atoms with van der Waals surface area (Å²) < 4.78 is 5.32. The van der Waals surface area contributed by atoms with E-state index in [9.17, 15) is 14.4 Å². The third-order valence-corrected chi connectivity index (χ3v) is 6.68. The molecule has 186 valence electrons. The maximum Gasteiger partial charge on any atom is 0.407 e. The second-order valence-electron chi connectivity index (χ2n) is 10.5. The molecular weight excluding hydrogens is 434 g/mol. The van der Waals surface area contributed by atoms with Gasteiger partial charge < -0.3 is 15.0 Å². The second kappa shape index (κ2) is 10.3. The number of nitrogens with zero attached hydrogens (tertiary/aromatic N) is 3. The average molecular weight is 472 g/mol. The van der Waals surface area contributed by atoms with Crippen LogP contribution in [0.1, 0.15) is 45.1 Å². The van der Waals surface area contributed by atoms with Crippen molar-refractivity contribution < 1.29 is 19.1 Å². The molecule has 3 amide bonds. The number of likely N-dealkylation sites (tertiary alicyclic amines) is 1. The molecule has 9 heteroatoms. The third kappa shape index (κ3) is 6.48. The first-order chi connectivity index (χ1) is 16.2. The van der Waals surface area contributed by atoms with Crippen LogP contribution in [0.25, 0.3) is 0 Å². The second-order valence-corrected chi connectivity index (χ2v) is 10.5. The number of hydrogen-bond donors (Lipinski definition) is 2. The number of carbonyl (C=O) groups excluding carboxylic acids is 3. The molecule has 3 fully saturated rings. The summed E-state index contributed by atoms with van der Waals surface area (Å²) in [5.74, 6) is -0.599. The fourth-order valence-corrected chi connectivity index (χ4v) is 4.76. The van der Waals surface area contributed by atoms with Crippen molar-refractivity contribution in [1.29, 1.82) is 0 Å². The molecule has 0 aliphatic carbocycles. The van der Waals surface area contributed by atoms with Crippen LogP contribution in [0.3, 0.4) is 0 Å². The van der Waals surface area contributed by atoms with Crippen LogP contribution in [0.2, 0.25) is 0 Å². The summed E-state index contributed by atoms with van der Waals surface area (Å²) in [5, 5.41) is 5.37. The van der Waals surface area contributed by atoms with Crippen LogP contribution in [0.5, 0.6) is 0 Å². The van der Waals surface area contributed by atoms with E-state index in [-0.39, 0.29) is 29.9 Å². The van der Waals surface area contributed by atoms with Crippen LogP contribution < -0.4 is 15.5 Å².